The summed E-state index contributed by atoms with van der Waals surface area (Å²) in [6, 6.07) is 27.0. The lowest BCUT2D eigenvalue weighted by Crippen LogP contribution is -2.13. The van der Waals surface area contributed by atoms with Crippen LogP contribution in [0.3, 0.4) is 0 Å². The van der Waals surface area contributed by atoms with Gasteiger partial charge in [-0.15, -0.1) is 0 Å². The fourth-order valence-corrected chi connectivity index (χ4v) is 3.37. The van der Waals surface area contributed by atoms with Gasteiger partial charge in [0.2, 0.25) is 0 Å². The minimum Gasteiger partial charge on any atom is -0.251 e. The molecule has 3 aromatic rings. The molecule has 1 aliphatic heterocycles. The van der Waals surface area contributed by atoms with Crippen molar-refractivity contribution in [1.29, 1.82) is 0 Å². The van der Waals surface area contributed by atoms with Gasteiger partial charge >= 0.3 is 0 Å². The van der Waals surface area contributed by atoms with E-state index in [9.17, 15) is 0 Å². The van der Waals surface area contributed by atoms with Crippen LogP contribution >= 0.6 is 0 Å². The van der Waals surface area contributed by atoms with Gasteiger partial charge in [-0.2, -0.15) is 0 Å². The van der Waals surface area contributed by atoms with Crippen molar-refractivity contribution in [2.75, 3.05) is 0 Å². The Kier molecular flexibility index (Phi) is 4.02. The van der Waals surface area contributed by atoms with Crippen LogP contribution in [-0.2, 0) is 0 Å². The SMILES string of the molecule is Cc1cccc(C)c1C1N=C(c2ccccc2)C(c2ccccc2)=N1. The Labute approximate surface area is 148 Å². The van der Waals surface area contributed by atoms with E-state index < -0.39 is 0 Å². The van der Waals surface area contributed by atoms with Crippen molar-refractivity contribution >= 4 is 11.4 Å². The minimum atomic E-state index is -0.174. The van der Waals surface area contributed by atoms with Crippen LogP contribution in [-0.4, -0.2) is 11.4 Å². The third kappa shape index (κ3) is 2.91. The van der Waals surface area contributed by atoms with Crippen LogP contribution in [0, 0.1) is 13.8 Å². The molecule has 0 atom stereocenters. The summed E-state index contributed by atoms with van der Waals surface area (Å²) in [5.74, 6) is 0. The molecule has 4 rings (SSSR count). The Morgan fingerprint density at radius 3 is 1.44 bits per heavy atom. The molecule has 0 saturated heterocycles. The van der Waals surface area contributed by atoms with Gasteiger partial charge in [-0.1, -0.05) is 78.9 Å². The molecule has 0 N–H and O–H groups in total. The highest BCUT2D eigenvalue weighted by Crippen LogP contribution is 2.32. The molecule has 2 heteroatoms. The van der Waals surface area contributed by atoms with E-state index >= 15 is 0 Å². The van der Waals surface area contributed by atoms with Gasteiger partial charge in [0.25, 0.3) is 0 Å². The highest BCUT2D eigenvalue weighted by atomic mass is 15.1. The quantitative estimate of drug-likeness (QED) is 0.625. The maximum Gasteiger partial charge on any atom is 0.167 e. The van der Waals surface area contributed by atoms with Crippen LogP contribution in [0.4, 0.5) is 0 Å². The maximum absolute atomic E-state index is 5.02. The van der Waals surface area contributed by atoms with E-state index in [1.807, 2.05) is 36.4 Å². The van der Waals surface area contributed by atoms with E-state index in [2.05, 4.69) is 56.3 Å². The second kappa shape index (κ2) is 6.48. The molecule has 1 heterocycles. The Morgan fingerprint density at radius 1 is 0.560 bits per heavy atom. The second-order valence-electron chi connectivity index (χ2n) is 6.37. The summed E-state index contributed by atoms with van der Waals surface area (Å²) < 4.78 is 0. The van der Waals surface area contributed by atoms with E-state index in [1.54, 1.807) is 0 Å². The summed E-state index contributed by atoms with van der Waals surface area (Å²) >= 11 is 0. The number of aliphatic imine (C=N–C) groups is 2. The fourth-order valence-electron chi connectivity index (χ4n) is 3.37. The molecule has 122 valence electrons. The van der Waals surface area contributed by atoms with Crippen molar-refractivity contribution in [1.82, 2.24) is 0 Å². The molecule has 0 amide bonds. The van der Waals surface area contributed by atoms with E-state index in [0.29, 0.717) is 0 Å². The minimum absolute atomic E-state index is 0.174. The lowest BCUT2D eigenvalue weighted by atomic mass is 10.0. The van der Waals surface area contributed by atoms with Gasteiger partial charge in [0.05, 0.1) is 11.4 Å². The van der Waals surface area contributed by atoms with Crippen molar-refractivity contribution in [2.45, 2.75) is 20.0 Å². The van der Waals surface area contributed by atoms with Crippen molar-refractivity contribution in [3.05, 3.63) is 107 Å². The summed E-state index contributed by atoms with van der Waals surface area (Å²) in [6.07, 6.45) is -0.174. The highest BCUT2D eigenvalue weighted by Gasteiger charge is 2.26. The number of rotatable bonds is 3. The number of aryl methyl sites for hydroxylation is 2. The smallest absolute Gasteiger partial charge is 0.167 e. The summed E-state index contributed by atoms with van der Waals surface area (Å²) in [5.41, 5.74) is 7.84. The first kappa shape index (κ1) is 15.5. The fraction of sp³-hybridized carbons (Fsp3) is 0.130. The zero-order chi connectivity index (χ0) is 17.2. The molecule has 0 fully saturated rings. The number of hydrogen-bond acceptors (Lipinski definition) is 2. The molecule has 0 aliphatic carbocycles. The predicted octanol–water partition coefficient (Wildman–Crippen LogP) is 5.29. The molecule has 0 unspecified atom stereocenters. The molecular weight excluding hydrogens is 304 g/mol. The average Bonchev–Trinajstić information content (AvgIpc) is 3.08. The van der Waals surface area contributed by atoms with Gasteiger partial charge in [-0.05, 0) is 25.0 Å². The van der Waals surface area contributed by atoms with E-state index in [0.717, 1.165) is 22.6 Å². The van der Waals surface area contributed by atoms with Gasteiger partial charge in [-0.25, -0.2) is 0 Å². The lowest BCUT2D eigenvalue weighted by molar-refractivity contribution is 0.783. The van der Waals surface area contributed by atoms with Crippen molar-refractivity contribution < 1.29 is 0 Å². The van der Waals surface area contributed by atoms with Crippen LogP contribution in [0.2, 0.25) is 0 Å². The normalized spacial score (nSPS) is 14.3. The largest absolute Gasteiger partial charge is 0.251 e. The predicted molar refractivity (Wildman–Crippen MR) is 105 cm³/mol. The number of nitrogens with zero attached hydrogens (tertiary/aromatic N) is 2. The van der Waals surface area contributed by atoms with E-state index in [4.69, 9.17) is 9.98 Å². The molecule has 0 aromatic heterocycles. The highest BCUT2D eigenvalue weighted by molar-refractivity contribution is 6.54. The first-order valence-electron chi connectivity index (χ1n) is 8.57. The van der Waals surface area contributed by atoms with Crippen LogP contribution in [0.1, 0.15) is 34.0 Å². The Bertz CT molecular complexity index is 878. The van der Waals surface area contributed by atoms with Gasteiger partial charge in [0.15, 0.2) is 6.17 Å². The van der Waals surface area contributed by atoms with Gasteiger partial charge in [0.1, 0.15) is 0 Å². The molecule has 0 spiro atoms. The first-order chi connectivity index (χ1) is 12.2. The zero-order valence-electron chi connectivity index (χ0n) is 14.5. The maximum atomic E-state index is 5.02. The summed E-state index contributed by atoms with van der Waals surface area (Å²) in [4.78, 5) is 10.0. The molecule has 0 bridgehead atoms. The molecule has 1 aliphatic rings. The third-order valence-corrected chi connectivity index (χ3v) is 4.62. The summed E-state index contributed by atoms with van der Waals surface area (Å²) in [6.45, 7) is 4.27. The van der Waals surface area contributed by atoms with Gasteiger partial charge < -0.3 is 0 Å². The van der Waals surface area contributed by atoms with Crippen molar-refractivity contribution in [3.63, 3.8) is 0 Å². The third-order valence-electron chi connectivity index (χ3n) is 4.62. The lowest BCUT2D eigenvalue weighted by Gasteiger charge is -2.11. The van der Waals surface area contributed by atoms with E-state index in [1.165, 1.54) is 16.7 Å². The number of hydrogen-bond donors (Lipinski definition) is 0. The molecule has 0 radical (unpaired) electrons. The van der Waals surface area contributed by atoms with Gasteiger partial charge in [-0.3, -0.25) is 9.98 Å². The first-order valence-corrected chi connectivity index (χ1v) is 8.57. The van der Waals surface area contributed by atoms with Crippen molar-refractivity contribution in [3.8, 4) is 0 Å². The van der Waals surface area contributed by atoms with Crippen LogP contribution in [0.5, 0.6) is 0 Å². The van der Waals surface area contributed by atoms with Crippen molar-refractivity contribution in [2.24, 2.45) is 9.98 Å². The van der Waals surface area contributed by atoms with Gasteiger partial charge in [0, 0.05) is 16.7 Å². The Morgan fingerprint density at radius 2 is 1.00 bits per heavy atom. The standard InChI is InChI=1S/C23H20N2/c1-16-10-9-11-17(2)20(16)23-24-21(18-12-5-3-6-13-18)22(25-23)19-14-7-4-8-15-19/h3-15,23H,1-2H3. The molecular formula is C23H20N2. The summed E-state index contributed by atoms with van der Waals surface area (Å²) in [5, 5.41) is 0. The van der Waals surface area contributed by atoms with Crippen LogP contribution in [0.25, 0.3) is 0 Å². The van der Waals surface area contributed by atoms with E-state index in [-0.39, 0.29) is 6.17 Å². The molecule has 0 saturated carbocycles. The summed E-state index contributed by atoms with van der Waals surface area (Å²) in [7, 11) is 0. The van der Waals surface area contributed by atoms with Crippen LogP contribution in [0.15, 0.2) is 88.8 Å². The zero-order valence-corrected chi connectivity index (χ0v) is 14.5. The molecule has 2 nitrogen and oxygen atoms in total. The monoisotopic (exact) mass is 324 g/mol. The molecule has 3 aromatic carbocycles. The average molecular weight is 324 g/mol. The Balaban J connectivity index is 1.88. The Hall–Kier alpha value is -3.00. The van der Waals surface area contributed by atoms with Crippen LogP contribution < -0.4 is 0 Å². The topological polar surface area (TPSA) is 24.7 Å². The molecule has 25 heavy (non-hydrogen) atoms. The number of benzene rings is 3. The second-order valence-corrected chi connectivity index (χ2v) is 6.37.